The number of hydrogen-bond donors (Lipinski definition) is 1. The molecule has 1 heterocycles. The number of aromatic nitrogens is 2. The van der Waals surface area contributed by atoms with Gasteiger partial charge in [0.05, 0.1) is 16.9 Å². The van der Waals surface area contributed by atoms with Gasteiger partial charge in [-0.2, -0.15) is 0 Å². The van der Waals surface area contributed by atoms with E-state index in [0.29, 0.717) is 17.9 Å². The van der Waals surface area contributed by atoms with E-state index in [1.165, 1.54) is 0 Å². The Balaban J connectivity index is 2.00. The highest BCUT2D eigenvalue weighted by Gasteiger charge is 2.17. The summed E-state index contributed by atoms with van der Waals surface area (Å²) in [5, 5.41) is 0. The van der Waals surface area contributed by atoms with E-state index < -0.39 is 10.0 Å². The van der Waals surface area contributed by atoms with Crippen molar-refractivity contribution in [3.05, 3.63) is 48.0 Å². The molecule has 2 rings (SSSR count). The molecule has 0 spiro atoms. The minimum atomic E-state index is -3.47. The van der Waals surface area contributed by atoms with Crippen LogP contribution in [0.4, 0.5) is 0 Å². The molecule has 6 heteroatoms. The maximum absolute atomic E-state index is 12.3. The topological polar surface area (TPSA) is 64.0 Å². The first kappa shape index (κ1) is 16.7. The Bertz CT molecular complexity index is 725. The van der Waals surface area contributed by atoms with Crippen LogP contribution in [0.2, 0.25) is 0 Å². The molecule has 0 saturated carbocycles. The van der Waals surface area contributed by atoms with Crippen molar-refractivity contribution in [2.45, 2.75) is 37.5 Å². The Kier molecular flexibility index (Phi) is 4.72. The standard InChI is InChI=1S/C16H23N3O2S/c1-16(2,3)13-5-7-15(8-6-13)22(20,21)18-10-9-14-11-19(4)12-17-14/h5-8,11-12,18H,9-10H2,1-4H3. The third kappa shape index (κ3) is 4.18. The molecule has 0 bridgehead atoms. The third-order valence-electron chi connectivity index (χ3n) is 3.46. The molecule has 0 saturated heterocycles. The highest BCUT2D eigenvalue weighted by molar-refractivity contribution is 7.89. The second-order valence-electron chi connectivity index (χ2n) is 6.45. The molecule has 0 aliphatic rings. The van der Waals surface area contributed by atoms with E-state index in [4.69, 9.17) is 0 Å². The van der Waals surface area contributed by atoms with Crippen molar-refractivity contribution >= 4 is 10.0 Å². The van der Waals surface area contributed by atoms with Gasteiger partial charge in [-0.1, -0.05) is 32.9 Å². The molecule has 0 aliphatic heterocycles. The van der Waals surface area contributed by atoms with E-state index in [-0.39, 0.29) is 5.41 Å². The average Bonchev–Trinajstić information content (AvgIpc) is 2.83. The number of rotatable bonds is 5. The van der Waals surface area contributed by atoms with Gasteiger partial charge >= 0.3 is 0 Å². The van der Waals surface area contributed by atoms with E-state index in [1.807, 2.05) is 29.9 Å². The first-order valence-electron chi connectivity index (χ1n) is 7.25. The van der Waals surface area contributed by atoms with Crippen LogP contribution in [0.3, 0.4) is 0 Å². The lowest BCUT2D eigenvalue weighted by atomic mass is 9.87. The summed E-state index contributed by atoms with van der Waals surface area (Å²) in [4.78, 5) is 4.47. The van der Waals surface area contributed by atoms with Crippen LogP contribution in [0.25, 0.3) is 0 Å². The predicted molar refractivity (Wildman–Crippen MR) is 87.2 cm³/mol. The Morgan fingerprint density at radius 3 is 2.32 bits per heavy atom. The summed E-state index contributed by atoms with van der Waals surface area (Å²) in [5.74, 6) is 0. The third-order valence-corrected chi connectivity index (χ3v) is 4.94. The van der Waals surface area contributed by atoms with Crippen LogP contribution in [0.5, 0.6) is 0 Å². The molecular formula is C16H23N3O2S. The van der Waals surface area contributed by atoms with Crippen molar-refractivity contribution in [3.63, 3.8) is 0 Å². The summed E-state index contributed by atoms with van der Waals surface area (Å²) in [6.07, 6.45) is 4.15. The zero-order chi connectivity index (χ0) is 16.4. The Morgan fingerprint density at radius 2 is 1.82 bits per heavy atom. The van der Waals surface area contributed by atoms with Crippen molar-refractivity contribution in [3.8, 4) is 0 Å². The summed E-state index contributed by atoms with van der Waals surface area (Å²) in [7, 11) is -1.58. The van der Waals surface area contributed by atoms with Crippen LogP contribution in [-0.4, -0.2) is 24.5 Å². The van der Waals surface area contributed by atoms with Gasteiger partial charge in [-0.05, 0) is 23.1 Å². The summed E-state index contributed by atoms with van der Waals surface area (Å²) < 4.78 is 29.0. The second kappa shape index (κ2) is 6.22. The van der Waals surface area contributed by atoms with Crippen molar-refractivity contribution in [1.29, 1.82) is 0 Å². The normalized spacial score (nSPS) is 12.5. The van der Waals surface area contributed by atoms with Crippen LogP contribution < -0.4 is 4.72 Å². The van der Waals surface area contributed by atoms with Crippen molar-refractivity contribution in [1.82, 2.24) is 14.3 Å². The van der Waals surface area contributed by atoms with Crippen LogP contribution >= 0.6 is 0 Å². The number of hydrogen-bond acceptors (Lipinski definition) is 3. The smallest absolute Gasteiger partial charge is 0.240 e. The molecule has 22 heavy (non-hydrogen) atoms. The van der Waals surface area contributed by atoms with Crippen LogP contribution in [0, 0.1) is 0 Å². The lowest BCUT2D eigenvalue weighted by molar-refractivity contribution is 0.578. The second-order valence-corrected chi connectivity index (χ2v) is 8.22. The molecular weight excluding hydrogens is 298 g/mol. The van der Waals surface area contributed by atoms with Gasteiger partial charge in [-0.3, -0.25) is 0 Å². The minimum absolute atomic E-state index is 0.00863. The van der Waals surface area contributed by atoms with Gasteiger partial charge < -0.3 is 4.57 Å². The van der Waals surface area contributed by atoms with Crippen molar-refractivity contribution in [2.24, 2.45) is 7.05 Å². The largest absolute Gasteiger partial charge is 0.340 e. The lowest BCUT2D eigenvalue weighted by Gasteiger charge is -2.19. The van der Waals surface area contributed by atoms with Crippen molar-refractivity contribution in [2.75, 3.05) is 6.54 Å². The molecule has 2 aromatic rings. The molecule has 0 aliphatic carbocycles. The SMILES string of the molecule is Cn1cnc(CCNS(=O)(=O)c2ccc(C(C)(C)C)cc2)c1. The van der Waals surface area contributed by atoms with Crippen LogP contribution in [0.1, 0.15) is 32.0 Å². The van der Waals surface area contributed by atoms with Crippen LogP contribution in [-0.2, 0) is 28.9 Å². The average molecular weight is 321 g/mol. The molecule has 1 N–H and O–H groups in total. The Morgan fingerprint density at radius 1 is 1.18 bits per heavy atom. The fraction of sp³-hybridized carbons (Fsp3) is 0.438. The Hall–Kier alpha value is -1.66. The number of aryl methyl sites for hydroxylation is 1. The van der Waals surface area contributed by atoms with E-state index in [9.17, 15) is 8.42 Å². The molecule has 0 amide bonds. The maximum atomic E-state index is 12.3. The predicted octanol–water partition coefficient (Wildman–Crippen LogP) is 2.24. The van der Waals surface area contributed by atoms with Gasteiger partial charge in [0.15, 0.2) is 0 Å². The number of benzene rings is 1. The molecule has 120 valence electrons. The fourth-order valence-electron chi connectivity index (χ4n) is 2.13. The number of sulfonamides is 1. The molecule has 5 nitrogen and oxygen atoms in total. The maximum Gasteiger partial charge on any atom is 0.240 e. The summed E-state index contributed by atoms with van der Waals surface area (Å²) in [6.45, 7) is 6.63. The minimum Gasteiger partial charge on any atom is -0.340 e. The van der Waals surface area contributed by atoms with Crippen LogP contribution in [0.15, 0.2) is 41.7 Å². The van der Waals surface area contributed by atoms with Gasteiger partial charge in [0.1, 0.15) is 0 Å². The molecule has 1 aromatic heterocycles. The zero-order valence-electron chi connectivity index (χ0n) is 13.5. The van der Waals surface area contributed by atoms with Crippen molar-refractivity contribution < 1.29 is 8.42 Å². The first-order chi connectivity index (χ1) is 10.2. The molecule has 0 unspecified atom stereocenters. The van der Waals surface area contributed by atoms with E-state index in [2.05, 4.69) is 30.5 Å². The molecule has 0 fully saturated rings. The van der Waals surface area contributed by atoms with Gasteiger partial charge in [-0.25, -0.2) is 18.1 Å². The van der Waals surface area contributed by atoms with Gasteiger partial charge in [0.2, 0.25) is 10.0 Å². The summed E-state index contributed by atoms with van der Waals surface area (Å²) in [5.41, 5.74) is 1.99. The highest BCUT2D eigenvalue weighted by Crippen LogP contribution is 2.23. The lowest BCUT2D eigenvalue weighted by Crippen LogP contribution is -2.26. The Labute approximate surface area is 132 Å². The van der Waals surface area contributed by atoms with E-state index in [1.54, 1.807) is 18.5 Å². The summed E-state index contributed by atoms with van der Waals surface area (Å²) >= 11 is 0. The summed E-state index contributed by atoms with van der Waals surface area (Å²) in [6, 6.07) is 7.05. The van der Waals surface area contributed by atoms with Gasteiger partial charge in [-0.15, -0.1) is 0 Å². The number of nitrogens with zero attached hydrogens (tertiary/aromatic N) is 2. The monoisotopic (exact) mass is 321 g/mol. The fourth-order valence-corrected chi connectivity index (χ4v) is 3.16. The number of nitrogens with one attached hydrogen (secondary N) is 1. The number of imidazole rings is 1. The van der Waals surface area contributed by atoms with E-state index in [0.717, 1.165) is 11.3 Å². The van der Waals surface area contributed by atoms with Gasteiger partial charge in [0.25, 0.3) is 0 Å². The molecule has 0 atom stereocenters. The quantitative estimate of drug-likeness (QED) is 0.918. The molecule has 0 radical (unpaired) electrons. The highest BCUT2D eigenvalue weighted by atomic mass is 32.2. The first-order valence-corrected chi connectivity index (χ1v) is 8.74. The zero-order valence-corrected chi connectivity index (χ0v) is 14.3. The molecule has 1 aromatic carbocycles. The van der Waals surface area contributed by atoms with E-state index >= 15 is 0 Å². The van der Waals surface area contributed by atoms with Gasteiger partial charge in [0, 0.05) is 26.2 Å².